The molecule has 1 heterocycles. The Balaban J connectivity index is 2.10. The number of nitrogens with one attached hydrogen (secondary N) is 1. The number of rotatable bonds is 4. The lowest BCUT2D eigenvalue weighted by atomic mass is 10.3. The van der Waals surface area contributed by atoms with Gasteiger partial charge in [-0.25, -0.2) is 0 Å². The van der Waals surface area contributed by atoms with E-state index < -0.39 is 10.1 Å². The molecular weight excluding hydrogens is 328 g/mol. The van der Waals surface area contributed by atoms with Crippen molar-refractivity contribution in [2.45, 2.75) is 18.7 Å². The van der Waals surface area contributed by atoms with Gasteiger partial charge in [-0.2, -0.15) is 13.5 Å². The second-order valence-corrected chi connectivity index (χ2v) is 6.83. The highest BCUT2D eigenvalue weighted by molar-refractivity contribution is 7.86. The molecular formula is C17H17N2O4S+. The molecule has 6 nitrogen and oxygen atoms in total. The van der Waals surface area contributed by atoms with Crippen molar-refractivity contribution in [2.24, 2.45) is 0 Å². The van der Waals surface area contributed by atoms with Crippen molar-refractivity contribution in [1.29, 1.82) is 0 Å². The lowest BCUT2D eigenvalue weighted by Gasteiger charge is -2.09. The number of para-hydroxylation sites is 1. The Kier molecular flexibility index (Phi) is 4.13. The Hall–Kier alpha value is -2.64. The Bertz CT molecular complexity index is 979. The van der Waals surface area contributed by atoms with Crippen LogP contribution in [0.2, 0.25) is 0 Å². The predicted molar refractivity (Wildman–Crippen MR) is 88.1 cm³/mol. The number of hydrogen-bond donors (Lipinski definition) is 2. The van der Waals surface area contributed by atoms with Gasteiger partial charge >= 0.3 is 0 Å². The van der Waals surface area contributed by atoms with Crippen LogP contribution in [0.15, 0.2) is 59.5 Å². The number of H-pyrrole nitrogens is 1. The van der Waals surface area contributed by atoms with Crippen LogP contribution in [0.3, 0.4) is 0 Å². The molecule has 0 atom stereocenters. The first-order chi connectivity index (χ1) is 11.3. The van der Waals surface area contributed by atoms with Gasteiger partial charge in [0.25, 0.3) is 10.1 Å². The summed E-state index contributed by atoms with van der Waals surface area (Å²) in [6.07, 6.45) is 0. The zero-order chi connectivity index (χ0) is 17.3. The minimum absolute atomic E-state index is 0.0639. The van der Waals surface area contributed by atoms with E-state index in [0.717, 1.165) is 11.4 Å². The molecule has 0 unspecified atom stereocenters. The summed E-state index contributed by atoms with van der Waals surface area (Å²) in [6.45, 7) is 3.80. The number of hydrogen-bond acceptors (Lipinski definition) is 3. The van der Waals surface area contributed by atoms with Crippen molar-refractivity contribution in [3.8, 4) is 17.2 Å². The maximum absolute atomic E-state index is 11.8. The first-order valence-corrected chi connectivity index (χ1v) is 8.72. The summed E-state index contributed by atoms with van der Waals surface area (Å²) in [4.78, 5) is -0.289. The monoisotopic (exact) mass is 345 g/mol. The van der Waals surface area contributed by atoms with Crippen LogP contribution in [0, 0.1) is 13.8 Å². The van der Waals surface area contributed by atoms with Gasteiger partial charge in [-0.05, 0) is 25.1 Å². The SMILES string of the molecule is Cc1cc(C)[n+](-c2ccc(Oc3ccccc3)c(S(=O)(=O)O)c2)[nH]1. The highest BCUT2D eigenvalue weighted by Gasteiger charge is 2.23. The quantitative estimate of drug-likeness (QED) is 0.562. The van der Waals surface area contributed by atoms with E-state index in [2.05, 4.69) is 5.10 Å². The Labute approximate surface area is 140 Å². The third-order valence-electron chi connectivity index (χ3n) is 3.50. The first kappa shape index (κ1) is 16.2. The highest BCUT2D eigenvalue weighted by atomic mass is 32.2. The molecule has 0 radical (unpaired) electrons. The third kappa shape index (κ3) is 3.32. The summed E-state index contributed by atoms with van der Waals surface area (Å²) in [7, 11) is -4.44. The standard InChI is InChI=1S/C17H16N2O4S/c1-12-10-13(2)19(18-12)14-8-9-16(17(11-14)24(20,21)22)23-15-6-4-3-5-7-15/h3-11H,1-2H3,(H,20,21,22)/p+1. The molecule has 2 aromatic carbocycles. The summed E-state index contributed by atoms with van der Waals surface area (Å²) in [5, 5.41) is 3.11. The molecule has 0 aliphatic rings. The van der Waals surface area contributed by atoms with Crippen LogP contribution in [-0.2, 0) is 10.1 Å². The van der Waals surface area contributed by atoms with Crippen LogP contribution < -0.4 is 9.42 Å². The largest absolute Gasteiger partial charge is 0.456 e. The van der Waals surface area contributed by atoms with Crippen molar-refractivity contribution in [1.82, 2.24) is 5.10 Å². The van der Waals surface area contributed by atoms with Gasteiger partial charge in [0, 0.05) is 25.1 Å². The lowest BCUT2D eigenvalue weighted by Crippen LogP contribution is -2.35. The van der Waals surface area contributed by atoms with Crippen molar-refractivity contribution in [2.75, 3.05) is 0 Å². The Morgan fingerprint density at radius 1 is 1.04 bits per heavy atom. The maximum atomic E-state index is 11.8. The van der Waals surface area contributed by atoms with E-state index in [-0.39, 0.29) is 10.6 Å². The molecule has 3 rings (SSSR count). The number of ether oxygens (including phenoxy) is 1. The van der Waals surface area contributed by atoms with Gasteiger partial charge in [0.05, 0.1) is 5.69 Å². The van der Waals surface area contributed by atoms with Crippen LogP contribution in [0.1, 0.15) is 11.4 Å². The molecule has 0 saturated carbocycles. The predicted octanol–water partition coefficient (Wildman–Crippen LogP) is 2.95. The third-order valence-corrected chi connectivity index (χ3v) is 4.38. The van der Waals surface area contributed by atoms with E-state index in [1.54, 1.807) is 35.0 Å². The molecule has 0 bridgehead atoms. The average molecular weight is 345 g/mol. The zero-order valence-corrected chi connectivity index (χ0v) is 14.0. The summed E-state index contributed by atoms with van der Waals surface area (Å²) >= 11 is 0. The van der Waals surface area contributed by atoms with Gasteiger partial charge in [0.1, 0.15) is 16.4 Å². The lowest BCUT2D eigenvalue weighted by molar-refractivity contribution is -0.662. The van der Waals surface area contributed by atoms with E-state index in [0.29, 0.717) is 11.4 Å². The van der Waals surface area contributed by atoms with Gasteiger partial charge < -0.3 is 4.74 Å². The normalized spacial score (nSPS) is 11.5. The van der Waals surface area contributed by atoms with Crippen LogP contribution in [0.25, 0.3) is 5.69 Å². The molecule has 124 valence electrons. The molecule has 0 amide bonds. The maximum Gasteiger partial charge on any atom is 0.298 e. The molecule has 2 N–H and O–H groups in total. The molecule has 24 heavy (non-hydrogen) atoms. The van der Waals surface area contributed by atoms with Gasteiger partial charge in [-0.1, -0.05) is 22.9 Å². The van der Waals surface area contributed by atoms with Crippen LogP contribution >= 0.6 is 0 Å². The minimum Gasteiger partial charge on any atom is -0.456 e. The smallest absolute Gasteiger partial charge is 0.298 e. The van der Waals surface area contributed by atoms with Crippen LogP contribution in [0.4, 0.5) is 0 Å². The van der Waals surface area contributed by atoms with E-state index in [9.17, 15) is 13.0 Å². The summed E-state index contributed by atoms with van der Waals surface area (Å²) in [5.74, 6) is 0.545. The second kappa shape index (κ2) is 6.10. The summed E-state index contributed by atoms with van der Waals surface area (Å²) in [5.41, 5.74) is 2.42. The fourth-order valence-corrected chi connectivity index (χ4v) is 3.11. The van der Waals surface area contributed by atoms with Gasteiger partial charge in [-0.3, -0.25) is 4.55 Å². The number of aryl methyl sites for hydroxylation is 2. The molecule has 7 heteroatoms. The Morgan fingerprint density at radius 3 is 2.33 bits per heavy atom. The van der Waals surface area contributed by atoms with E-state index in [1.165, 1.54) is 12.1 Å². The topological polar surface area (TPSA) is 83.3 Å². The van der Waals surface area contributed by atoms with Crippen LogP contribution in [0.5, 0.6) is 11.5 Å². The molecule has 0 spiro atoms. The van der Waals surface area contributed by atoms with Gasteiger partial charge in [0.15, 0.2) is 0 Å². The molecule has 0 fully saturated rings. The fraction of sp³-hybridized carbons (Fsp3) is 0.118. The van der Waals surface area contributed by atoms with E-state index >= 15 is 0 Å². The van der Waals surface area contributed by atoms with Crippen LogP contribution in [-0.4, -0.2) is 18.1 Å². The summed E-state index contributed by atoms with van der Waals surface area (Å²) in [6, 6.07) is 15.3. The van der Waals surface area contributed by atoms with E-state index in [1.807, 2.05) is 26.0 Å². The Morgan fingerprint density at radius 2 is 1.75 bits per heavy atom. The highest BCUT2D eigenvalue weighted by Crippen LogP contribution is 2.29. The van der Waals surface area contributed by atoms with Gasteiger partial charge in [-0.15, -0.1) is 0 Å². The molecule has 1 aromatic heterocycles. The number of aromatic nitrogens is 2. The number of benzene rings is 2. The van der Waals surface area contributed by atoms with E-state index in [4.69, 9.17) is 4.74 Å². The molecule has 0 aliphatic carbocycles. The molecule has 0 saturated heterocycles. The average Bonchev–Trinajstić information content (AvgIpc) is 2.86. The second-order valence-electron chi connectivity index (χ2n) is 5.44. The molecule has 3 aromatic rings. The zero-order valence-electron chi connectivity index (χ0n) is 13.2. The minimum atomic E-state index is -4.44. The van der Waals surface area contributed by atoms with Crippen molar-refractivity contribution >= 4 is 10.1 Å². The fourth-order valence-electron chi connectivity index (χ4n) is 2.48. The number of aromatic amines is 1. The van der Waals surface area contributed by atoms with Crippen molar-refractivity contribution < 1.29 is 22.4 Å². The molecule has 0 aliphatic heterocycles. The van der Waals surface area contributed by atoms with Crippen molar-refractivity contribution in [3.05, 3.63) is 66.0 Å². The first-order valence-electron chi connectivity index (χ1n) is 7.28. The van der Waals surface area contributed by atoms with Crippen molar-refractivity contribution in [3.63, 3.8) is 0 Å². The van der Waals surface area contributed by atoms with Gasteiger partial charge in [0.2, 0.25) is 11.4 Å². The summed E-state index contributed by atoms with van der Waals surface area (Å²) < 4.78 is 40.4. The number of nitrogens with zero attached hydrogens (tertiary/aromatic N) is 1.